The summed E-state index contributed by atoms with van der Waals surface area (Å²) in [4.78, 5) is 0. The van der Waals surface area contributed by atoms with E-state index in [0.29, 0.717) is 0 Å². The topological polar surface area (TPSA) is 29.5 Å². The summed E-state index contributed by atoms with van der Waals surface area (Å²) in [5, 5.41) is 11.4. The Morgan fingerprint density at radius 3 is 1.69 bits per heavy atom. The Balaban J connectivity index is 2.10. The van der Waals surface area contributed by atoms with Gasteiger partial charge in [0.2, 0.25) is 0 Å². The van der Waals surface area contributed by atoms with E-state index in [1.165, 1.54) is 0 Å². The zero-order chi connectivity index (χ0) is 19.1. The lowest BCUT2D eigenvalue weighted by Gasteiger charge is -2.43. The van der Waals surface area contributed by atoms with E-state index in [-0.39, 0.29) is 18.1 Å². The summed E-state index contributed by atoms with van der Waals surface area (Å²) in [6.45, 7) is 5.63. The SMILES string of the molecule is CC(C)(C)[Si](OC[C@]1(CO)CC1(F)F)(c1ccccc1)c1ccccc1. The number of benzene rings is 2. The van der Waals surface area contributed by atoms with Crippen molar-refractivity contribution in [2.75, 3.05) is 13.2 Å². The normalized spacial score (nSPS) is 22.2. The number of alkyl halides is 2. The summed E-state index contributed by atoms with van der Waals surface area (Å²) in [5.74, 6) is -2.85. The Bertz CT molecular complexity index is 704. The van der Waals surface area contributed by atoms with Crippen LogP contribution in [0.4, 0.5) is 8.78 Å². The molecule has 1 saturated carbocycles. The van der Waals surface area contributed by atoms with Crippen molar-refractivity contribution in [2.24, 2.45) is 5.41 Å². The first-order valence-electron chi connectivity index (χ1n) is 8.92. The van der Waals surface area contributed by atoms with Gasteiger partial charge in [0.25, 0.3) is 14.2 Å². The number of hydrogen-bond acceptors (Lipinski definition) is 2. The van der Waals surface area contributed by atoms with Gasteiger partial charge in [0.15, 0.2) is 0 Å². The van der Waals surface area contributed by atoms with E-state index >= 15 is 0 Å². The monoisotopic (exact) mass is 376 g/mol. The minimum Gasteiger partial charge on any atom is -0.407 e. The molecule has 0 aliphatic heterocycles. The number of rotatable bonds is 6. The van der Waals surface area contributed by atoms with Gasteiger partial charge in [-0.3, -0.25) is 0 Å². The number of halogens is 2. The number of aliphatic hydroxyl groups excluding tert-OH is 1. The van der Waals surface area contributed by atoms with E-state index in [9.17, 15) is 13.9 Å². The second-order valence-electron chi connectivity index (χ2n) is 8.27. The van der Waals surface area contributed by atoms with E-state index in [0.717, 1.165) is 10.4 Å². The number of hydrogen-bond donors (Lipinski definition) is 1. The molecule has 1 N–H and O–H groups in total. The van der Waals surface area contributed by atoms with Crippen LogP contribution in [0.5, 0.6) is 0 Å². The molecule has 2 aromatic carbocycles. The molecule has 1 atom stereocenters. The second kappa shape index (κ2) is 6.55. The summed E-state index contributed by atoms with van der Waals surface area (Å²) in [6.07, 6.45) is -0.311. The van der Waals surface area contributed by atoms with Crippen molar-refractivity contribution < 1.29 is 18.3 Å². The quantitative estimate of drug-likeness (QED) is 0.781. The van der Waals surface area contributed by atoms with Crippen LogP contribution in [-0.2, 0) is 4.43 Å². The Labute approximate surface area is 155 Å². The molecule has 2 aromatic rings. The largest absolute Gasteiger partial charge is 0.407 e. The van der Waals surface area contributed by atoms with Crippen molar-refractivity contribution in [3.05, 3.63) is 60.7 Å². The fraction of sp³-hybridized carbons (Fsp3) is 0.429. The first kappa shape index (κ1) is 19.2. The maximum absolute atomic E-state index is 13.9. The van der Waals surface area contributed by atoms with Gasteiger partial charge < -0.3 is 9.53 Å². The molecule has 0 saturated heterocycles. The fourth-order valence-electron chi connectivity index (χ4n) is 3.76. The Morgan fingerprint density at radius 1 is 0.962 bits per heavy atom. The number of aliphatic hydroxyl groups is 1. The molecule has 5 heteroatoms. The van der Waals surface area contributed by atoms with Crippen LogP contribution in [0.1, 0.15) is 27.2 Å². The van der Waals surface area contributed by atoms with Crippen LogP contribution in [0.3, 0.4) is 0 Å². The first-order chi connectivity index (χ1) is 12.2. The van der Waals surface area contributed by atoms with Gasteiger partial charge in [-0.1, -0.05) is 81.4 Å². The third-order valence-electron chi connectivity index (χ3n) is 5.50. The molecule has 26 heavy (non-hydrogen) atoms. The lowest BCUT2D eigenvalue weighted by atomic mass is 10.1. The van der Waals surface area contributed by atoms with Gasteiger partial charge in [-0.25, -0.2) is 8.78 Å². The van der Waals surface area contributed by atoms with Crippen LogP contribution < -0.4 is 10.4 Å². The molecular weight excluding hydrogens is 350 g/mol. The Hall–Kier alpha value is -1.56. The molecular formula is C21H26F2O2Si. The van der Waals surface area contributed by atoms with Crippen LogP contribution in [0.2, 0.25) is 5.04 Å². The van der Waals surface area contributed by atoms with Crippen LogP contribution in [-0.4, -0.2) is 32.6 Å². The van der Waals surface area contributed by atoms with Crippen LogP contribution in [0, 0.1) is 5.41 Å². The molecule has 1 fully saturated rings. The molecule has 0 bridgehead atoms. The highest BCUT2D eigenvalue weighted by Gasteiger charge is 2.71. The summed E-state index contributed by atoms with van der Waals surface area (Å²) in [5.41, 5.74) is -1.44. The molecule has 0 spiro atoms. The van der Waals surface area contributed by atoms with Crippen molar-refractivity contribution >= 4 is 18.7 Å². The van der Waals surface area contributed by atoms with Gasteiger partial charge in [0, 0.05) is 13.0 Å². The van der Waals surface area contributed by atoms with Crippen LogP contribution in [0.25, 0.3) is 0 Å². The molecule has 1 aliphatic rings. The second-order valence-corrected chi connectivity index (χ2v) is 12.6. The van der Waals surface area contributed by atoms with Gasteiger partial charge in [-0.2, -0.15) is 0 Å². The minimum absolute atomic E-state index is 0.135. The average molecular weight is 377 g/mol. The maximum Gasteiger partial charge on any atom is 0.261 e. The van der Waals surface area contributed by atoms with Crippen LogP contribution in [0.15, 0.2) is 60.7 Å². The predicted octanol–water partition coefficient (Wildman–Crippen LogP) is 3.58. The summed E-state index contributed by atoms with van der Waals surface area (Å²) >= 11 is 0. The van der Waals surface area contributed by atoms with E-state index in [1.807, 2.05) is 60.7 Å². The van der Waals surface area contributed by atoms with Crippen molar-refractivity contribution in [3.8, 4) is 0 Å². The van der Waals surface area contributed by atoms with Gasteiger partial charge in [0.05, 0.1) is 12.0 Å². The molecule has 140 valence electrons. The molecule has 0 unspecified atom stereocenters. The zero-order valence-corrected chi connectivity index (χ0v) is 16.5. The maximum atomic E-state index is 13.9. The van der Waals surface area contributed by atoms with Gasteiger partial charge in [0.1, 0.15) is 0 Å². The van der Waals surface area contributed by atoms with Crippen molar-refractivity contribution in [1.82, 2.24) is 0 Å². The molecule has 2 nitrogen and oxygen atoms in total. The van der Waals surface area contributed by atoms with E-state index in [2.05, 4.69) is 20.8 Å². The average Bonchev–Trinajstić information content (AvgIpc) is 3.17. The van der Waals surface area contributed by atoms with Crippen LogP contribution >= 0.6 is 0 Å². The molecule has 1 aliphatic carbocycles. The lowest BCUT2D eigenvalue weighted by Crippen LogP contribution is -2.67. The molecule has 0 amide bonds. The third-order valence-corrected chi connectivity index (χ3v) is 10.5. The van der Waals surface area contributed by atoms with Crippen molar-refractivity contribution in [3.63, 3.8) is 0 Å². The summed E-state index contributed by atoms with van der Waals surface area (Å²) < 4.78 is 34.3. The Kier molecular flexibility index (Phi) is 4.84. The van der Waals surface area contributed by atoms with Gasteiger partial charge >= 0.3 is 0 Å². The highest BCUT2D eigenvalue weighted by Crippen LogP contribution is 2.60. The smallest absolute Gasteiger partial charge is 0.261 e. The van der Waals surface area contributed by atoms with Crippen molar-refractivity contribution in [1.29, 1.82) is 0 Å². The van der Waals surface area contributed by atoms with E-state index < -0.39 is 26.3 Å². The first-order valence-corrected chi connectivity index (χ1v) is 10.8. The standard InChI is InChI=1S/C21H26F2O2Si/c1-19(2,3)26(17-10-6-4-7-11-17,18-12-8-5-9-13-18)25-16-20(15-24)14-21(20,22)23/h4-13,24H,14-16H2,1-3H3/t20-/m1/s1. The fourth-order valence-corrected chi connectivity index (χ4v) is 8.41. The van der Waals surface area contributed by atoms with E-state index in [1.54, 1.807) is 0 Å². The highest BCUT2D eigenvalue weighted by atomic mass is 28.4. The summed E-state index contributed by atoms with van der Waals surface area (Å²) in [6, 6.07) is 19.8. The molecule has 0 aromatic heterocycles. The van der Waals surface area contributed by atoms with Crippen molar-refractivity contribution in [2.45, 2.75) is 38.2 Å². The minimum atomic E-state index is -2.85. The van der Waals surface area contributed by atoms with Gasteiger partial charge in [-0.15, -0.1) is 0 Å². The van der Waals surface area contributed by atoms with Gasteiger partial charge in [-0.05, 0) is 15.4 Å². The third kappa shape index (κ3) is 3.02. The molecule has 3 rings (SSSR count). The highest BCUT2D eigenvalue weighted by molar-refractivity contribution is 6.99. The predicted molar refractivity (Wildman–Crippen MR) is 103 cm³/mol. The lowest BCUT2D eigenvalue weighted by molar-refractivity contribution is 0.0123. The summed E-state index contributed by atoms with van der Waals surface area (Å²) in [7, 11) is -2.84. The molecule has 0 radical (unpaired) electrons. The zero-order valence-electron chi connectivity index (χ0n) is 15.5. The molecule has 0 heterocycles. The van der Waals surface area contributed by atoms with E-state index in [4.69, 9.17) is 4.43 Å². The Morgan fingerprint density at radius 2 is 1.38 bits per heavy atom.